The van der Waals surface area contributed by atoms with Gasteiger partial charge in [0.1, 0.15) is 5.66 Å². The van der Waals surface area contributed by atoms with E-state index in [0.29, 0.717) is 24.4 Å². The van der Waals surface area contributed by atoms with E-state index in [1.807, 2.05) is 35.2 Å². The van der Waals surface area contributed by atoms with Gasteiger partial charge in [0.2, 0.25) is 5.91 Å². The molecule has 32 heavy (non-hydrogen) atoms. The monoisotopic (exact) mass is 428 g/mol. The summed E-state index contributed by atoms with van der Waals surface area (Å²) in [5.41, 5.74) is 3.59. The first-order chi connectivity index (χ1) is 15.6. The number of benzene rings is 2. The van der Waals surface area contributed by atoms with E-state index >= 15 is 0 Å². The lowest BCUT2D eigenvalue weighted by molar-refractivity contribution is -0.130. The molecule has 0 radical (unpaired) electrons. The van der Waals surface area contributed by atoms with Gasteiger partial charge in [-0.3, -0.25) is 9.59 Å². The SMILES string of the molecule is O=C1N[C@]2(CC[C@@H]3CN(C(=O)CCCc4c[nH]c5ccccc45)C[C@@H]32)Nc2ccccc21. The molecule has 1 saturated carbocycles. The van der Waals surface area contributed by atoms with Crippen LogP contribution in [0.5, 0.6) is 0 Å². The molecule has 2 aromatic carbocycles. The molecule has 1 aliphatic carbocycles. The number of nitrogens with one attached hydrogen (secondary N) is 3. The van der Waals surface area contributed by atoms with E-state index in [0.717, 1.165) is 43.4 Å². The first-order valence-electron chi connectivity index (χ1n) is 11.7. The number of hydrogen-bond donors (Lipinski definition) is 3. The second-order valence-electron chi connectivity index (χ2n) is 9.51. The highest BCUT2D eigenvalue weighted by Crippen LogP contribution is 2.47. The zero-order valence-corrected chi connectivity index (χ0v) is 18.1. The number of aromatic amines is 1. The van der Waals surface area contributed by atoms with E-state index in [-0.39, 0.29) is 17.7 Å². The maximum atomic E-state index is 13.0. The molecule has 6 nitrogen and oxygen atoms in total. The standard InChI is InChI=1S/C26H28N4O2/c31-24(11-5-6-17-14-27-22-9-3-1-7-19(17)22)30-15-18-12-13-26(21(18)16-30)28-23-10-4-2-8-20(23)25(32)29-26/h1-4,7-10,14,18,21,27-28H,5-6,11-13,15-16H2,(H,29,32)/t18-,21+,26+/m1/s1. The molecule has 1 spiro atoms. The molecule has 2 amide bonds. The van der Waals surface area contributed by atoms with Gasteiger partial charge in [-0.25, -0.2) is 0 Å². The number of rotatable bonds is 4. The molecule has 6 rings (SSSR count). The third-order valence-electron chi connectivity index (χ3n) is 7.71. The average molecular weight is 429 g/mol. The summed E-state index contributed by atoms with van der Waals surface area (Å²) in [6.45, 7) is 1.52. The van der Waals surface area contributed by atoms with Crippen molar-refractivity contribution < 1.29 is 9.59 Å². The van der Waals surface area contributed by atoms with E-state index in [1.165, 1.54) is 10.9 Å². The highest BCUT2D eigenvalue weighted by molar-refractivity contribution is 6.02. The summed E-state index contributed by atoms with van der Waals surface area (Å²) in [6.07, 6.45) is 6.31. The van der Waals surface area contributed by atoms with Crippen molar-refractivity contribution >= 4 is 28.4 Å². The average Bonchev–Trinajstić information content (AvgIpc) is 3.50. The Kier molecular flexibility index (Phi) is 4.49. The molecule has 3 aliphatic rings. The first kappa shape index (κ1) is 19.4. The minimum atomic E-state index is -0.435. The number of para-hydroxylation sites is 2. The van der Waals surface area contributed by atoms with Crippen molar-refractivity contribution in [3.63, 3.8) is 0 Å². The fourth-order valence-corrected chi connectivity index (χ4v) is 6.09. The van der Waals surface area contributed by atoms with Crippen LogP contribution in [0.3, 0.4) is 0 Å². The lowest BCUT2D eigenvalue weighted by atomic mass is 9.89. The van der Waals surface area contributed by atoms with Gasteiger partial charge in [0.05, 0.1) is 5.56 Å². The van der Waals surface area contributed by atoms with Crippen LogP contribution in [0.2, 0.25) is 0 Å². The summed E-state index contributed by atoms with van der Waals surface area (Å²) in [5, 5.41) is 8.15. The van der Waals surface area contributed by atoms with Crippen molar-refractivity contribution in [1.29, 1.82) is 0 Å². The van der Waals surface area contributed by atoms with Crippen molar-refractivity contribution in [1.82, 2.24) is 15.2 Å². The molecule has 0 bridgehead atoms. The number of carbonyl (C=O) groups excluding carboxylic acids is 2. The predicted molar refractivity (Wildman–Crippen MR) is 124 cm³/mol. The van der Waals surface area contributed by atoms with Crippen molar-refractivity contribution in [2.24, 2.45) is 11.8 Å². The number of anilines is 1. The van der Waals surface area contributed by atoms with Crippen LogP contribution in [0.15, 0.2) is 54.7 Å². The van der Waals surface area contributed by atoms with Gasteiger partial charge in [-0.15, -0.1) is 0 Å². The Morgan fingerprint density at radius 2 is 1.91 bits per heavy atom. The minimum Gasteiger partial charge on any atom is -0.362 e. The Balaban J connectivity index is 1.10. The molecule has 2 fully saturated rings. The third kappa shape index (κ3) is 3.08. The maximum absolute atomic E-state index is 13.0. The summed E-state index contributed by atoms with van der Waals surface area (Å²) in [6, 6.07) is 16.0. The van der Waals surface area contributed by atoms with E-state index in [1.54, 1.807) is 0 Å². The minimum absolute atomic E-state index is 0.0106. The molecule has 2 aliphatic heterocycles. The second-order valence-corrected chi connectivity index (χ2v) is 9.51. The van der Waals surface area contributed by atoms with Crippen LogP contribution in [0.1, 0.15) is 41.6 Å². The molecular weight excluding hydrogens is 400 g/mol. The number of nitrogens with zero attached hydrogens (tertiary/aromatic N) is 1. The van der Waals surface area contributed by atoms with E-state index < -0.39 is 5.66 Å². The van der Waals surface area contributed by atoms with Crippen LogP contribution in [-0.2, 0) is 11.2 Å². The van der Waals surface area contributed by atoms with Crippen LogP contribution in [0.25, 0.3) is 10.9 Å². The van der Waals surface area contributed by atoms with Crippen molar-refractivity contribution in [3.8, 4) is 0 Å². The summed E-state index contributed by atoms with van der Waals surface area (Å²) in [5.74, 6) is 0.906. The third-order valence-corrected chi connectivity index (χ3v) is 7.71. The molecule has 1 aromatic heterocycles. The zero-order chi connectivity index (χ0) is 21.7. The first-order valence-corrected chi connectivity index (χ1v) is 11.7. The Labute approximate surface area is 187 Å². The van der Waals surface area contributed by atoms with Crippen molar-refractivity contribution in [2.75, 3.05) is 18.4 Å². The van der Waals surface area contributed by atoms with Crippen LogP contribution in [0.4, 0.5) is 5.69 Å². The highest BCUT2D eigenvalue weighted by atomic mass is 16.2. The smallest absolute Gasteiger partial charge is 0.255 e. The number of aryl methyl sites for hydroxylation is 1. The second kappa shape index (κ2) is 7.40. The van der Waals surface area contributed by atoms with Gasteiger partial charge in [-0.2, -0.15) is 0 Å². The molecule has 3 heterocycles. The fourth-order valence-electron chi connectivity index (χ4n) is 6.09. The molecule has 164 valence electrons. The Morgan fingerprint density at radius 1 is 1.06 bits per heavy atom. The van der Waals surface area contributed by atoms with E-state index in [2.05, 4.69) is 40.0 Å². The van der Waals surface area contributed by atoms with Gasteiger partial charge in [0.15, 0.2) is 0 Å². The molecule has 3 aromatic rings. The Morgan fingerprint density at radius 3 is 2.84 bits per heavy atom. The molecule has 3 N–H and O–H groups in total. The number of H-pyrrole nitrogens is 1. The molecule has 6 heteroatoms. The maximum Gasteiger partial charge on any atom is 0.255 e. The summed E-state index contributed by atoms with van der Waals surface area (Å²) < 4.78 is 0. The van der Waals surface area contributed by atoms with Gasteiger partial charge in [-0.05, 0) is 55.4 Å². The number of amides is 2. The largest absolute Gasteiger partial charge is 0.362 e. The number of carbonyl (C=O) groups is 2. The fraction of sp³-hybridized carbons (Fsp3) is 0.385. The van der Waals surface area contributed by atoms with E-state index in [9.17, 15) is 9.59 Å². The summed E-state index contributed by atoms with van der Waals surface area (Å²) in [7, 11) is 0. The van der Waals surface area contributed by atoms with Gasteiger partial charge in [0.25, 0.3) is 5.91 Å². The van der Waals surface area contributed by atoms with E-state index in [4.69, 9.17) is 0 Å². The molecule has 1 saturated heterocycles. The van der Waals surface area contributed by atoms with Gasteiger partial charge in [-0.1, -0.05) is 30.3 Å². The number of aromatic nitrogens is 1. The normalized spacial score (nSPS) is 26.1. The van der Waals surface area contributed by atoms with Crippen molar-refractivity contribution in [2.45, 2.75) is 37.8 Å². The Bertz CT molecular complexity index is 1200. The van der Waals surface area contributed by atoms with Crippen molar-refractivity contribution in [3.05, 3.63) is 65.9 Å². The predicted octanol–water partition coefficient (Wildman–Crippen LogP) is 3.91. The van der Waals surface area contributed by atoms with Crippen LogP contribution in [-0.4, -0.2) is 40.5 Å². The molecule has 3 atom stereocenters. The number of likely N-dealkylation sites (tertiary alicyclic amines) is 1. The highest BCUT2D eigenvalue weighted by Gasteiger charge is 2.55. The summed E-state index contributed by atoms with van der Waals surface area (Å²) in [4.78, 5) is 31.1. The van der Waals surface area contributed by atoms with Crippen LogP contribution >= 0.6 is 0 Å². The van der Waals surface area contributed by atoms with Gasteiger partial charge >= 0.3 is 0 Å². The Hall–Kier alpha value is -3.28. The quantitative estimate of drug-likeness (QED) is 0.590. The van der Waals surface area contributed by atoms with Crippen LogP contribution < -0.4 is 10.6 Å². The van der Waals surface area contributed by atoms with Crippen LogP contribution in [0, 0.1) is 11.8 Å². The molecular formula is C26H28N4O2. The zero-order valence-electron chi connectivity index (χ0n) is 18.1. The number of hydrogen-bond acceptors (Lipinski definition) is 3. The number of fused-ring (bicyclic) bond motifs is 4. The lowest BCUT2D eigenvalue weighted by Crippen LogP contribution is -2.61. The van der Waals surface area contributed by atoms with Gasteiger partial charge in [0, 0.05) is 48.2 Å². The molecule has 0 unspecified atom stereocenters. The topological polar surface area (TPSA) is 77.2 Å². The lowest BCUT2D eigenvalue weighted by Gasteiger charge is -2.42. The summed E-state index contributed by atoms with van der Waals surface area (Å²) >= 11 is 0. The van der Waals surface area contributed by atoms with Gasteiger partial charge < -0.3 is 20.5 Å².